The van der Waals surface area contributed by atoms with Crippen LogP contribution in [0.4, 0.5) is 11.4 Å². The highest BCUT2D eigenvalue weighted by atomic mass is 35.5. The number of halogens is 1. The number of nitrogens with zero attached hydrogens (tertiary/aromatic N) is 1. The van der Waals surface area contributed by atoms with Crippen LogP contribution in [0.3, 0.4) is 0 Å². The van der Waals surface area contributed by atoms with Crippen molar-refractivity contribution in [2.75, 3.05) is 16.9 Å². The number of hydrogen-bond donors (Lipinski definition) is 2. The molecule has 2 amide bonds. The Bertz CT molecular complexity index is 1210. The number of carbonyl (C=O) groups excluding carboxylic acids is 2. The zero-order valence-corrected chi connectivity index (χ0v) is 18.2. The second-order valence-corrected chi connectivity index (χ2v) is 9.28. The van der Waals surface area contributed by atoms with Gasteiger partial charge in [-0.15, -0.1) is 0 Å². The fraction of sp³-hybridized carbons (Fsp3) is 0.136. The van der Waals surface area contributed by atoms with Crippen LogP contribution in [0.1, 0.15) is 22.3 Å². The van der Waals surface area contributed by atoms with Gasteiger partial charge in [0.25, 0.3) is 5.91 Å². The molecule has 9 heteroatoms. The van der Waals surface area contributed by atoms with E-state index in [2.05, 4.69) is 15.6 Å². The molecule has 1 heterocycles. The maximum Gasteiger partial charge on any atom is 0.255 e. The summed E-state index contributed by atoms with van der Waals surface area (Å²) in [6.45, 7) is 0. The van der Waals surface area contributed by atoms with Gasteiger partial charge >= 0.3 is 0 Å². The van der Waals surface area contributed by atoms with Crippen molar-refractivity contribution in [2.24, 2.45) is 0 Å². The van der Waals surface area contributed by atoms with Crippen molar-refractivity contribution >= 4 is 44.6 Å². The molecule has 31 heavy (non-hydrogen) atoms. The standard InChI is InChI=1S/C22H20ClN3O4S/c1-31(29,30)18-6-2-5-16(12-18)22(28)26-20-9-8-17(13-19(20)23)25-21(27)10-7-15-4-3-11-24-14-15/h2-6,8-9,11-14H,7,10H2,1H3,(H,25,27)(H,26,28). The van der Waals surface area contributed by atoms with Gasteiger partial charge in [0, 0.05) is 36.3 Å². The zero-order valence-electron chi connectivity index (χ0n) is 16.6. The van der Waals surface area contributed by atoms with Crippen molar-refractivity contribution in [3.8, 4) is 0 Å². The topological polar surface area (TPSA) is 105 Å². The Labute approximate surface area is 185 Å². The van der Waals surface area contributed by atoms with Crippen LogP contribution in [0.25, 0.3) is 0 Å². The number of nitrogens with one attached hydrogen (secondary N) is 2. The molecule has 0 aliphatic heterocycles. The predicted molar refractivity (Wildman–Crippen MR) is 120 cm³/mol. The number of benzene rings is 2. The van der Waals surface area contributed by atoms with Crippen LogP contribution in [-0.2, 0) is 21.1 Å². The number of aryl methyl sites for hydroxylation is 1. The first-order valence-corrected chi connectivity index (χ1v) is 11.6. The van der Waals surface area contributed by atoms with E-state index in [4.69, 9.17) is 11.6 Å². The second kappa shape index (κ2) is 9.72. The minimum atomic E-state index is -3.43. The summed E-state index contributed by atoms with van der Waals surface area (Å²) in [5, 5.41) is 5.65. The van der Waals surface area contributed by atoms with Gasteiger partial charge in [-0.2, -0.15) is 0 Å². The predicted octanol–water partition coefficient (Wildman–Crippen LogP) is 3.96. The Balaban J connectivity index is 1.63. The molecule has 2 N–H and O–H groups in total. The van der Waals surface area contributed by atoms with Gasteiger partial charge in [-0.05, 0) is 54.4 Å². The van der Waals surface area contributed by atoms with Gasteiger partial charge in [0.1, 0.15) is 0 Å². The van der Waals surface area contributed by atoms with Crippen molar-refractivity contribution in [2.45, 2.75) is 17.7 Å². The third-order valence-electron chi connectivity index (χ3n) is 4.39. The molecule has 0 saturated heterocycles. The highest BCUT2D eigenvalue weighted by Crippen LogP contribution is 2.26. The number of carbonyl (C=O) groups is 2. The third-order valence-corrected chi connectivity index (χ3v) is 5.81. The van der Waals surface area contributed by atoms with Crippen LogP contribution in [0.15, 0.2) is 71.9 Å². The molecule has 0 unspecified atom stereocenters. The molecular formula is C22H20ClN3O4S. The van der Waals surface area contributed by atoms with E-state index in [-0.39, 0.29) is 21.4 Å². The molecule has 0 spiro atoms. The number of aromatic nitrogens is 1. The Morgan fingerprint density at radius 1 is 1.03 bits per heavy atom. The highest BCUT2D eigenvalue weighted by molar-refractivity contribution is 7.90. The van der Waals surface area contributed by atoms with E-state index >= 15 is 0 Å². The smallest absolute Gasteiger partial charge is 0.255 e. The summed E-state index contributed by atoms with van der Waals surface area (Å²) in [7, 11) is -3.43. The van der Waals surface area contributed by atoms with Gasteiger partial charge in [0.05, 0.1) is 15.6 Å². The fourth-order valence-electron chi connectivity index (χ4n) is 2.78. The minimum Gasteiger partial charge on any atom is -0.326 e. The van der Waals surface area contributed by atoms with Crippen LogP contribution < -0.4 is 10.6 Å². The molecule has 0 aliphatic rings. The lowest BCUT2D eigenvalue weighted by atomic mass is 10.1. The Kier molecular flexibility index (Phi) is 7.04. The monoisotopic (exact) mass is 457 g/mol. The fourth-order valence-corrected chi connectivity index (χ4v) is 3.68. The molecule has 0 radical (unpaired) electrons. The van der Waals surface area contributed by atoms with Crippen molar-refractivity contribution in [3.63, 3.8) is 0 Å². The molecule has 0 aliphatic carbocycles. The molecule has 0 atom stereocenters. The number of rotatable bonds is 7. The zero-order chi connectivity index (χ0) is 22.4. The average molecular weight is 458 g/mol. The van der Waals surface area contributed by atoms with Gasteiger partial charge in [-0.25, -0.2) is 8.42 Å². The number of hydrogen-bond acceptors (Lipinski definition) is 5. The highest BCUT2D eigenvalue weighted by Gasteiger charge is 2.13. The van der Waals surface area contributed by atoms with Crippen LogP contribution >= 0.6 is 11.6 Å². The van der Waals surface area contributed by atoms with Crippen LogP contribution in [0.2, 0.25) is 5.02 Å². The average Bonchev–Trinajstić information content (AvgIpc) is 2.74. The molecule has 3 rings (SSSR count). The van der Waals surface area contributed by atoms with E-state index in [9.17, 15) is 18.0 Å². The van der Waals surface area contributed by atoms with Crippen molar-refractivity contribution < 1.29 is 18.0 Å². The van der Waals surface area contributed by atoms with Crippen LogP contribution in [-0.4, -0.2) is 31.5 Å². The number of amides is 2. The summed E-state index contributed by atoms with van der Waals surface area (Å²) < 4.78 is 23.4. The first kappa shape index (κ1) is 22.5. The molecule has 0 bridgehead atoms. The maximum absolute atomic E-state index is 12.5. The van der Waals surface area contributed by atoms with Crippen molar-refractivity contribution in [3.05, 3.63) is 83.1 Å². The van der Waals surface area contributed by atoms with E-state index in [0.29, 0.717) is 24.2 Å². The second-order valence-electron chi connectivity index (χ2n) is 6.86. The van der Waals surface area contributed by atoms with Crippen LogP contribution in [0, 0.1) is 0 Å². The van der Waals surface area contributed by atoms with Gasteiger partial charge < -0.3 is 10.6 Å². The Morgan fingerprint density at radius 3 is 2.52 bits per heavy atom. The summed E-state index contributed by atoms with van der Waals surface area (Å²) in [6, 6.07) is 14.2. The molecule has 0 fully saturated rings. The lowest BCUT2D eigenvalue weighted by Crippen LogP contribution is -2.14. The number of pyridine rings is 1. The molecule has 0 saturated carbocycles. The number of anilines is 2. The first-order chi connectivity index (χ1) is 14.7. The van der Waals surface area contributed by atoms with Gasteiger partial charge in [0.15, 0.2) is 9.84 Å². The minimum absolute atomic E-state index is 0.0515. The lowest BCUT2D eigenvalue weighted by Gasteiger charge is -2.11. The molecule has 3 aromatic rings. The van der Waals surface area contributed by atoms with Crippen molar-refractivity contribution in [1.29, 1.82) is 0 Å². The summed E-state index contributed by atoms with van der Waals surface area (Å²) in [5.74, 6) is -0.671. The maximum atomic E-state index is 12.5. The van der Waals surface area contributed by atoms with Crippen molar-refractivity contribution in [1.82, 2.24) is 4.98 Å². The van der Waals surface area contributed by atoms with Crippen LogP contribution in [0.5, 0.6) is 0 Å². The van der Waals surface area contributed by atoms with E-state index in [1.165, 1.54) is 30.3 Å². The molecule has 2 aromatic carbocycles. The molecule has 160 valence electrons. The van der Waals surface area contributed by atoms with E-state index in [1.807, 2.05) is 12.1 Å². The third kappa shape index (κ3) is 6.37. The largest absolute Gasteiger partial charge is 0.326 e. The summed E-state index contributed by atoms with van der Waals surface area (Å²) in [4.78, 5) is 28.7. The molecular weight excluding hydrogens is 438 g/mol. The molecule has 1 aromatic heterocycles. The normalized spacial score (nSPS) is 11.0. The van der Waals surface area contributed by atoms with E-state index < -0.39 is 15.7 Å². The van der Waals surface area contributed by atoms with Gasteiger partial charge in [-0.3, -0.25) is 14.6 Å². The van der Waals surface area contributed by atoms with Gasteiger partial charge in [0.2, 0.25) is 5.91 Å². The van der Waals surface area contributed by atoms with Gasteiger partial charge in [-0.1, -0.05) is 23.7 Å². The first-order valence-electron chi connectivity index (χ1n) is 9.32. The summed E-state index contributed by atoms with van der Waals surface area (Å²) in [6.07, 6.45) is 5.32. The SMILES string of the molecule is CS(=O)(=O)c1cccc(C(=O)Nc2ccc(NC(=O)CCc3cccnc3)cc2Cl)c1. The lowest BCUT2D eigenvalue weighted by molar-refractivity contribution is -0.116. The molecule has 7 nitrogen and oxygen atoms in total. The van der Waals surface area contributed by atoms with E-state index in [0.717, 1.165) is 11.8 Å². The Morgan fingerprint density at radius 2 is 1.84 bits per heavy atom. The van der Waals surface area contributed by atoms with E-state index in [1.54, 1.807) is 24.5 Å². The Hall–Kier alpha value is -3.23. The number of sulfone groups is 1. The quantitative estimate of drug-likeness (QED) is 0.558. The summed E-state index contributed by atoms with van der Waals surface area (Å²) in [5.41, 5.74) is 1.99. The summed E-state index contributed by atoms with van der Waals surface area (Å²) >= 11 is 6.25.